The summed E-state index contributed by atoms with van der Waals surface area (Å²) in [5.41, 5.74) is 8.78. The van der Waals surface area contributed by atoms with Crippen LogP contribution in [0.1, 0.15) is 86.0 Å². The molecule has 3 aliphatic carbocycles. The Morgan fingerprint density at radius 2 is 1.71 bits per heavy atom. The van der Waals surface area contributed by atoms with E-state index in [1.165, 1.54) is 0 Å². The van der Waals surface area contributed by atoms with Gasteiger partial charge in [0.15, 0.2) is 14.1 Å². The molecule has 3 saturated carbocycles. The largest absolute Gasteiger partial charge is 0.414 e. The lowest BCUT2D eigenvalue weighted by Gasteiger charge is -2.57. The molecule has 35 heavy (non-hydrogen) atoms. The molecular weight excluding hydrogens is 458 g/mol. The lowest BCUT2D eigenvalue weighted by molar-refractivity contribution is -0.245. The Morgan fingerprint density at radius 1 is 1.06 bits per heavy atom. The Labute approximate surface area is 213 Å². The number of hydrogen-bond acceptors (Lipinski definition) is 5. The van der Waals surface area contributed by atoms with Crippen molar-refractivity contribution in [2.75, 3.05) is 19.8 Å². The van der Waals surface area contributed by atoms with Gasteiger partial charge < -0.3 is 19.0 Å². The first-order valence-corrected chi connectivity index (χ1v) is 16.9. The van der Waals surface area contributed by atoms with Crippen molar-refractivity contribution in [3.63, 3.8) is 0 Å². The lowest BCUT2D eigenvalue weighted by Crippen LogP contribution is -2.57. The van der Waals surface area contributed by atoms with Crippen LogP contribution in [0.2, 0.25) is 18.1 Å². The molecule has 1 heterocycles. The van der Waals surface area contributed by atoms with E-state index in [1.54, 1.807) is 0 Å². The summed E-state index contributed by atoms with van der Waals surface area (Å²) in [5.74, 6) is 0.797. The van der Waals surface area contributed by atoms with Crippen LogP contribution in [-0.4, -0.2) is 51.2 Å². The molecule has 1 spiro atoms. The minimum Gasteiger partial charge on any atom is -0.414 e. The first-order chi connectivity index (χ1) is 16.3. The predicted molar refractivity (Wildman–Crippen MR) is 140 cm³/mol. The molecule has 200 valence electrons. The second-order valence-corrected chi connectivity index (χ2v) is 18.6. The number of ether oxygens (including phenoxy) is 2. The minimum atomic E-state index is -1.87. The molecule has 4 rings (SSSR count). The third-order valence-corrected chi connectivity index (χ3v) is 15.8. The van der Waals surface area contributed by atoms with Gasteiger partial charge in [0.2, 0.25) is 0 Å². The molecule has 8 heteroatoms. The highest BCUT2D eigenvalue weighted by atomic mass is 28.4. The summed E-state index contributed by atoms with van der Waals surface area (Å²) in [6, 6.07) is 0. The fourth-order valence-electron chi connectivity index (χ4n) is 8.05. The maximum atomic E-state index is 11.7. The fraction of sp³-hybridized carbons (Fsp3) is 1.00. The highest BCUT2D eigenvalue weighted by Crippen LogP contribution is 2.66. The standard InChI is InChI=1S/C27H49N3O4Si/c1-24(2,3)35(6,7)34-19-8-12-25(4,23(31)18-19)21-9-13-26(5)22(20(21)11-15-29-30-28)10-14-27(26)32-16-17-33-27/h19-23,31H,8-18H2,1-7H3/t19-,20+,21?,22?,23-,25+,26-/m0/s1. The molecule has 2 unspecified atom stereocenters. The molecule has 1 N–H and O–H groups in total. The van der Waals surface area contributed by atoms with Crippen molar-refractivity contribution in [2.45, 2.75) is 122 Å². The average Bonchev–Trinajstić information content (AvgIpc) is 3.36. The molecule has 0 aromatic carbocycles. The molecule has 4 aliphatic rings. The van der Waals surface area contributed by atoms with Crippen molar-refractivity contribution in [3.8, 4) is 0 Å². The Hall–Kier alpha value is -0.633. The Kier molecular flexibility index (Phi) is 7.51. The van der Waals surface area contributed by atoms with Crippen molar-refractivity contribution >= 4 is 8.32 Å². The predicted octanol–water partition coefficient (Wildman–Crippen LogP) is 6.81. The van der Waals surface area contributed by atoms with Crippen molar-refractivity contribution in [1.82, 2.24) is 0 Å². The van der Waals surface area contributed by atoms with E-state index < -0.39 is 14.1 Å². The Morgan fingerprint density at radius 3 is 2.31 bits per heavy atom. The van der Waals surface area contributed by atoms with Gasteiger partial charge in [-0.3, -0.25) is 0 Å². The first-order valence-electron chi connectivity index (χ1n) is 13.9. The second-order valence-electron chi connectivity index (χ2n) is 13.9. The van der Waals surface area contributed by atoms with Crippen LogP contribution in [-0.2, 0) is 13.9 Å². The van der Waals surface area contributed by atoms with Crippen molar-refractivity contribution in [1.29, 1.82) is 0 Å². The summed E-state index contributed by atoms with van der Waals surface area (Å²) in [4.78, 5) is 3.04. The van der Waals surface area contributed by atoms with Gasteiger partial charge in [-0.15, -0.1) is 0 Å². The number of aliphatic hydroxyl groups excluding tert-OH is 1. The van der Waals surface area contributed by atoms with Gasteiger partial charge in [0.25, 0.3) is 0 Å². The van der Waals surface area contributed by atoms with Gasteiger partial charge in [0.1, 0.15) is 0 Å². The van der Waals surface area contributed by atoms with Crippen LogP contribution in [0.25, 0.3) is 10.4 Å². The van der Waals surface area contributed by atoms with Crippen LogP contribution in [0.3, 0.4) is 0 Å². The fourth-order valence-corrected chi connectivity index (χ4v) is 9.45. The molecule has 0 radical (unpaired) electrons. The van der Waals surface area contributed by atoms with E-state index in [-0.39, 0.29) is 28.1 Å². The van der Waals surface area contributed by atoms with Crippen molar-refractivity contribution in [3.05, 3.63) is 10.4 Å². The number of fused-ring (bicyclic) bond motifs is 2. The van der Waals surface area contributed by atoms with Gasteiger partial charge >= 0.3 is 0 Å². The Bertz CT molecular complexity index is 820. The minimum absolute atomic E-state index is 0.0228. The quantitative estimate of drug-likeness (QED) is 0.185. The van der Waals surface area contributed by atoms with Crippen LogP contribution in [0, 0.1) is 28.6 Å². The van der Waals surface area contributed by atoms with Gasteiger partial charge in [0, 0.05) is 29.4 Å². The van der Waals surface area contributed by atoms with Crippen LogP contribution in [0.15, 0.2) is 5.11 Å². The lowest BCUT2D eigenvalue weighted by atomic mass is 9.50. The number of nitrogens with zero attached hydrogens (tertiary/aromatic N) is 3. The zero-order chi connectivity index (χ0) is 25.7. The highest BCUT2D eigenvalue weighted by Gasteiger charge is 2.66. The second kappa shape index (κ2) is 9.59. The van der Waals surface area contributed by atoms with Gasteiger partial charge in [-0.05, 0) is 91.8 Å². The van der Waals surface area contributed by atoms with E-state index in [1.807, 2.05) is 0 Å². The molecule has 1 aliphatic heterocycles. The summed E-state index contributed by atoms with van der Waals surface area (Å²) in [7, 11) is -1.87. The smallest absolute Gasteiger partial charge is 0.192 e. The van der Waals surface area contributed by atoms with Gasteiger partial charge in [-0.25, -0.2) is 0 Å². The molecule has 1 saturated heterocycles. The monoisotopic (exact) mass is 507 g/mol. The van der Waals surface area contributed by atoms with E-state index in [9.17, 15) is 5.11 Å². The molecule has 0 bridgehead atoms. The molecule has 7 atom stereocenters. The van der Waals surface area contributed by atoms with Crippen molar-refractivity contribution in [2.24, 2.45) is 33.7 Å². The Balaban J connectivity index is 1.54. The summed E-state index contributed by atoms with van der Waals surface area (Å²) in [6.45, 7) is 18.0. The third kappa shape index (κ3) is 4.61. The number of azide groups is 1. The maximum Gasteiger partial charge on any atom is 0.192 e. The van der Waals surface area contributed by atoms with Crippen molar-refractivity contribution < 1.29 is 19.0 Å². The van der Waals surface area contributed by atoms with Crippen LogP contribution in [0.4, 0.5) is 0 Å². The van der Waals surface area contributed by atoms with E-state index in [0.717, 1.165) is 51.4 Å². The average molecular weight is 508 g/mol. The molecule has 0 aromatic rings. The molecule has 0 aromatic heterocycles. The summed E-state index contributed by atoms with van der Waals surface area (Å²) in [5, 5.41) is 15.8. The number of aliphatic hydroxyl groups is 1. The normalized spacial score (nSPS) is 41.5. The topological polar surface area (TPSA) is 96.7 Å². The van der Waals surface area contributed by atoms with E-state index in [4.69, 9.17) is 19.4 Å². The van der Waals surface area contributed by atoms with E-state index >= 15 is 0 Å². The molecule has 0 amide bonds. The third-order valence-electron chi connectivity index (χ3n) is 11.2. The zero-order valence-electron chi connectivity index (χ0n) is 23.2. The van der Waals surface area contributed by atoms with Gasteiger partial charge in [-0.2, -0.15) is 0 Å². The first kappa shape index (κ1) is 27.4. The highest BCUT2D eigenvalue weighted by molar-refractivity contribution is 6.74. The summed E-state index contributed by atoms with van der Waals surface area (Å²) < 4.78 is 19.3. The van der Waals surface area contributed by atoms with Gasteiger partial charge in [-0.1, -0.05) is 39.7 Å². The van der Waals surface area contributed by atoms with E-state index in [2.05, 4.69) is 57.7 Å². The van der Waals surface area contributed by atoms with Crippen LogP contribution >= 0.6 is 0 Å². The molecule has 7 nitrogen and oxygen atoms in total. The summed E-state index contributed by atoms with van der Waals surface area (Å²) in [6.07, 6.45) is 7.50. The molecular formula is C27H49N3O4Si. The maximum absolute atomic E-state index is 11.7. The van der Waals surface area contributed by atoms with Crippen LogP contribution in [0.5, 0.6) is 0 Å². The zero-order valence-corrected chi connectivity index (χ0v) is 24.2. The van der Waals surface area contributed by atoms with Crippen LogP contribution < -0.4 is 0 Å². The van der Waals surface area contributed by atoms with E-state index in [0.29, 0.717) is 37.5 Å². The molecule has 4 fully saturated rings. The van der Waals surface area contributed by atoms with Gasteiger partial charge in [0.05, 0.1) is 19.3 Å². The number of hydrogen-bond donors (Lipinski definition) is 1. The SMILES string of the molecule is CC(C)(C)[Si](C)(C)O[C@H]1CC[C@](C)(C2CC[C@@]3(C)C(CCC34OCCO4)[C@@H]2CCN=[N+]=[N-])[C@@H](O)C1. The number of rotatable bonds is 6. The summed E-state index contributed by atoms with van der Waals surface area (Å²) >= 11 is 0.